The summed E-state index contributed by atoms with van der Waals surface area (Å²) >= 11 is 0. The Morgan fingerprint density at radius 2 is 2.06 bits per heavy atom. The standard InChI is InChI=1S/C15H20N2O/c1-11(18)14-8-7-12(10-16)9-15(14)17(2)13-5-3-4-6-13/h7-9,11,13,18H,3-6H2,1-2H3/t11-/m0/s1. The molecule has 18 heavy (non-hydrogen) atoms. The third kappa shape index (κ3) is 2.49. The van der Waals surface area contributed by atoms with Gasteiger partial charge in [-0.25, -0.2) is 0 Å². The molecule has 2 rings (SSSR count). The van der Waals surface area contributed by atoms with Crippen LogP contribution in [0.1, 0.15) is 49.8 Å². The van der Waals surface area contributed by atoms with Gasteiger partial charge in [0.25, 0.3) is 0 Å². The SMILES string of the molecule is C[C@H](O)c1ccc(C#N)cc1N(C)C1CCCC1. The molecule has 1 aliphatic rings. The first-order valence-electron chi connectivity index (χ1n) is 6.58. The molecule has 1 atom stereocenters. The zero-order chi connectivity index (χ0) is 13.1. The van der Waals surface area contributed by atoms with Gasteiger partial charge in [0, 0.05) is 24.3 Å². The van der Waals surface area contributed by atoms with Crippen LogP contribution < -0.4 is 4.90 Å². The Bertz CT molecular complexity index is 456. The predicted molar refractivity (Wildman–Crippen MR) is 72.4 cm³/mol. The Morgan fingerprint density at radius 1 is 1.39 bits per heavy atom. The average Bonchev–Trinajstić information content (AvgIpc) is 2.90. The van der Waals surface area contributed by atoms with Crippen molar-refractivity contribution in [1.29, 1.82) is 5.26 Å². The summed E-state index contributed by atoms with van der Waals surface area (Å²) in [6, 6.07) is 8.24. The van der Waals surface area contributed by atoms with Crippen LogP contribution >= 0.6 is 0 Å². The molecule has 0 heterocycles. The second-order valence-electron chi connectivity index (χ2n) is 5.11. The summed E-state index contributed by atoms with van der Waals surface area (Å²) in [6.07, 6.45) is 4.45. The van der Waals surface area contributed by atoms with Crippen molar-refractivity contribution >= 4 is 5.69 Å². The van der Waals surface area contributed by atoms with E-state index in [2.05, 4.69) is 18.0 Å². The molecule has 0 aromatic heterocycles. The molecule has 0 unspecified atom stereocenters. The van der Waals surface area contributed by atoms with Crippen LogP contribution in [-0.4, -0.2) is 18.2 Å². The van der Waals surface area contributed by atoms with Crippen LogP contribution in [0.2, 0.25) is 0 Å². The van der Waals surface area contributed by atoms with Gasteiger partial charge in [0.15, 0.2) is 0 Å². The van der Waals surface area contributed by atoms with Crippen LogP contribution in [0.15, 0.2) is 18.2 Å². The van der Waals surface area contributed by atoms with E-state index in [-0.39, 0.29) is 0 Å². The van der Waals surface area contributed by atoms with Gasteiger partial charge in [-0.1, -0.05) is 18.9 Å². The molecule has 0 aliphatic heterocycles. The van der Waals surface area contributed by atoms with Crippen molar-refractivity contribution in [1.82, 2.24) is 0 Å². The summed E-state index contributed by atoms with van der Waals surface area (Å²) in [5, 5.41) is 18.9. The topological polar surface area (TPSA) is 47.3 Å². The number of benzene rings is 1. The zero-order valence-electron chi connectivity index (χ0n) is 11.1. The molecule has 96 valence electrons. The first-order valence-corrected chi connectivity index (χ1v) is 6.58. The van der Waals surface area contributed by atoms with Crippen molar-refractivity contribution < 1.29 is 5.11 Å². The summed E-state index contributed by atoms with van der Waals surface area (Å²) in [4.78, 5) is 2.23. The maximum absolute atomic E-state index is 9.85. The molecule has 0 amide bonds. The van der Waals surface area contributed by atoms with E-state index in [4.69, 9.17) is 5.26 Å². The minimum atomic E-state index is -0.503. The number of hydrogen-bond donors (Lipinski definition) is 1. The third-order valence-electron chi connectivity index (χ3n) is 3.86. The summed E-state index contributed by atoms with van der Waals surface area (Å²) in [6.45, 7) is 1.77. The van der Waals surface area contributed by atoms with Gasteiger partial charge in [-0.15, -0.1) is 0 Å². The van der Waals surface area contributed by atoms with Crippen molar-refractivity contribution in [3.05, 3.63) is 29.3 Å². The normalized spacial score (nSPS) is 17.4. The summed E-state index contributed by atoms with van der Waals surface area (Å²) in [5.41, 5.74) is 2.55. The van der Waals surface area contributed by atoms with Crippen LogP contribution in [0.5, 0.6) is 0 Å². The Labute approximate surface area is 109 Å². The second-order valence-corrected chi connectivity index (χ2v) is 5.11. The van der Waals surface area contributed by atoms with E-state index in [0.717, 1.165) is 11.3 Å². The minimum absolute atomic E-state index is 0.503. The molecule has 1 saturated carbocycles. The fourth-order valence-corrected chi connectivity index (χ4v) is 2.76. The summed E-state index contributed by atoms with van der Waals surface area (Å²) < 4.78 is 0. The van der Waals surface area contributed by atoms with Crippen LogP contribution in [0.25, 0.3) is 0 Å². The highest BCUT2D eigenvalue weighted by Gasteiger charge is 2.22. The molecule has 0 bridgehead atoms. The van der Waals surface area contributed by atoms with Gasteiger partial charge in [0.05, 0.1) is 17.7 Å². The van der Waals surface area contributed by atoms with E-state index in [9.17, 15) is 5.11 Å². The van der Waals surface area contributed by atoms with Crippen molar-refractivity contribution in [2.24, 2.45) is 0 Å². The molecule has 1 aliphatic carbocycles. The molecular weight excluding hydrogens is 224 g/mol. The number of anilines is 1. The summed E-state index contributed by atoms with van der Waals surface area (Å²) in [7, 11) is 2.07. The molecule has 1 N–H and O–H groups in total. The number of aliphatic hydroxyl groups is 1. The number of nitriles is 1. The molecule has 3 heteroatoms. The highest BCUT2D eigenvalue weighted by Crippen LogP contribution is 2.32. The number of rotatable bonds is 3. The van der Waals surface area contributed by atoms with Gasteiger partial charge in [0.1, 0.15) is 0 Å². The van der Waals surface area contributed by atoms with Gasteiger partial charge in [-0.05, 0) is 31.9 Å². The number of nitrogens with zero attached hydrogens (tertiary/aromatic N) is 2. The van der Waals surface area contributed by atoms with E-state index in [1.807, 2.05) is 12.1 Å². The van der Waals surface area contributed by atoms with E-state index in [0.29, 0.717) is 11.6 Å². The molecule has 1 aromatic rings. The zero-order valence-corrected chi connectivity index (χ0v) is 11.1. The lowest BCUT2D eigenvalue weighted by molar-refractivity contribution is 0.199. The van der Waals surface area contributed by atoms with E-state index >= 15 is 0 Å². The van der Waals surface area contributed by atoms with Crippen LogP contribution in [0.4, 0.5) is 5.69 Å². The molecule has 1 aromatic carbocycles. The molecule has 3 nitrogen and oxygen atoms in total. The van der Waals surface area contributed by atoms with Gasteiger partial charge in [-0.3, -0.25) is 0 Å². The Morgan fingerprint density at radius 3 is 2.61 bits per heavy atom. The van der Waals surface area contributed by atoms with Gasteiger partial charge >= 0.3 is 0 Å². The van der Waals surface area contributed by atoms with E-state index in [1.165, 1.54) is 25.7 Å². The molecular formula is C15H20N2O. The van der Waals surface area contributed by atoms with Crippen molar-refractivity contribution in [3.63, 3.8) is 0 Å². The maximum Gasteiger partial charge on any atom is 0.0992 e. The molecule has 0 radical (unpaired) electrons. The minimum Gasteiger partial charge on any atom is -0.389 e. The molecule has 1 fully saturated rings. The fraction of sp³-hybridized carbons (Fsp3) is 0.533. The monoisotopic (exact) mass is 244 g/mol. The Kier molecular flexibility index (Phi) is 3.88. The highest BCUT2D eigenvalue weighted by atomic mass is 16.3. The first kappa shape index (κ1) is 12.9. The lowest BCUT2D eigenvalue weighted by atomic mass is 10.0. The maximum atomic E-state index is 9.85. The smallest absolute Gasteiger partial charge is 0.0992 e. The largest absolute Gasteiger partial charge is 0.389 e. The number of aliphatic hydroxyl groups excluding tert-OH is 1. The molecule has 0 saturated heterocycles. The van der Waals surface area contributed by atoms with Crippen LogP contribution in [0, 0.1) is 11.3 Å². The van der Waals surface area contributed by atoms with Gasteiger partial charge < -0.3 is 10.0 Å². The van der Waals surface area contributed by atoms with Gasteiger partial charge in [-0.2, -0.15) is 5.26 Å². The Balaban J connectivity index is 2.36. The van der Waals surface area contributed by atoms with Crippen molar-refractivity contribution in [2.75, 3.05) is 11.9 Å². The second kappa shape index (κ2) is 5.41. The predicted octanol–water partition coefficient (Wildman–Crippen LogP) is 2.99. The van der Waals surface area contributed by atoms with Crippen molar-refractivity contribution in [3.8, 4) is 6.07 Å². The van der Waals surface area contributed by atoms with E-state index < -0.39 is 6.10 Å². The lowest BCUT2D eigenvalue weighted by Crippen LogP contribution is -2.30. The first-order chi connectivity index (χ1) is 8.63. The molecule has 0 spiro atoms. The van der Waals surface area contributed by atoms with Crippen molar-refractivity contribution in [2.45, 2.75) is 44.8 Å². The quantitative estimate of drug-likeness (QED) is 0.889. The average molecular weight is 244 g/mol. The Hall–Kier alpha value is -1.53. The highest BCUT2D eigenvalue weighted by molar-refractivity contribution is 5.58. The fourth-order valence-electron chi connectivity index (χ4n) is 2.76. The third-order valence-corrected chi connectivity index (χ3v) is 3.86. The summed E-state index contributed by atoms with van der Waals surface area (Å²) in [5.74, 6) is 0. The van der Waals surface area contributed by atoms with Crippen LogP contribution in [0.3, 0.4) is 0 Å². The van der Waals surface area contributed by atoms with Crippen LogP contribution in [-0.2, 0) is 0 Å². The number of hydrogen-bond acceptors (Lipinski definition) is 3. The lowest BCUT2D eigenvalue weighted by Gasteiger charge is -2.29. The van der Waals surface area contributed by atoms with Gasteiger partial charge in [0.2, 0.25) is 0 Å². The van der Waals surface area contributed by atoms with E-state index in [1.54, 1.807) is 13.0 Å².